The SMILES string of the molecule is Cc1ccnc(-n2sc3ncccc3c2=O)c1. The van der Waals surface area contributed by atoms with E-state index >= 15 is 0 Å². The fourth-order valence-electron chi connectivity index (χ4n) is 1.65. The molecule has 3 aromatic rings. The highest BCUT2D eigenvalue weighted by molar-refractivity contribution is 7.13. The molecule has 0 saturated carbocycles. The molecule has 0 radical (unpaired) electrons. The van der Waals surface area contributed by atoms with Crippen LogP contribution in [0.1, 0.15) is 5.56 Å². The molecule has 0 aliphatic rings. The molecule has 84 valence electrons. The summed E-state index contributed by atoms with van der Waals surface area (Å²) in [6.07, 6.45) is 3.39. The molecule has 0 fully saturated rings. The summed E-state index contributed by atoms with van der Waals surface area (Å²) in [7, 11) is 0. The Morgan fingerprint density at radius 2 is 2.12 bits per heavy atom. The van der Waals surface area contributed by atoms with Crippen LogP contribution >= 0.6 is 11.5 Å². The highest BCUT2D eigenvalue weighted by Gasteiger charge is 2.10. The average Bonchev–Trinajstić information content (AvgIpc) is 2.68. The fourth-order valence-corrected chi connectivity index (χ4v) is 2.56. The number of fused-ring (bicyclic) bond motifs is 1. The van der Waals surface area contributed by atoms with Gasteiger partial charge in [0.05, 0.1) is 5.39 Å². The minimum atomic E-state index is -0.0591. The molecule has 0 spiro atoms. The zero-order chi connectivity index (χ0) is 11.8. The molecule has 5 heteroatoms. The summed E-state index contributed by atoms with van der Waals surface area (Å²) in [6.45, 7) is 1.97. The molecule has 0 N–H and O–H groups in total. The van der Waals surface area contributed by atoms with Crippen LogP contribution in [-0.2, 0) is 0 Å². The van der Waals surface area contributed by atoms with Crippen molar-refractivity contribution in [1.82, 2.24) is 13.9 Å². The molecular formula is C12H9N3OS. The third-order valence-corrected chi connectivity index (χ3v) is 3.51. The van der Waals surface area contributed by atoms with Crippen molar-refractivity contribution in [3.8, 4) is 5.82 Å². The van der Waals surface area contributed by atoms with E-state index in [9.17, 15) is 4.79 Å². The van der Waals surface area contributed by atoms with Gasteiger partial charge in [-0.1, -0.05) is 0 Å². The molecule has 4 nitrogen and oxygen atoms in total. The third-order valence-electron chi connectivity index (χ3n) is 2.47. The minimum Gasteiger partial charge on any atom is -0.267 e. The lowest BCUT2D eigenvalue weighted by Gasteiger charge is -1.99. The molecule has 0 amide bonds. The first-order valence-electron chi connectivity index (χ1n) is 5.16. The van der Waals surface area contributed by atoms with Crippen LogP contribution in [0.3, 0.4) is 0 Å². The Morgan fingerprint density at radius 3 is 2.88 bits per heavy atom. The summed E-state index contributed by atoms with van der Waals surface area (Å²) in [6, 6.07) is 7.34. The number of aromatic nitrogens is 3. The number of aryl methyl sites for hydroxylation is 1. The number of pyridine rings is 2. The largest absolute Gasteiger partial charge is 0.276 e. The summed E-state index contributed by atoms with van der Waals surface area (Å²) >= 11 is 1.32. The second-order valence-electron chi connectivity index (χ2n) is 3.74. The first-order chi connectivity index (χ1) is 8.25. The van der Waals surface area contributed by atoms with Gasteiger partial charge in [0, 0.05) is 12.4 Å². The maximum atomic E-state index is 12.1. The number of rotatable bonds is 1. The molecule has 0 aliphatic heterocycles. The first-order valence-corrected chi connectivity index (χ1v) is 5.93. The maximum absolute atomic E-state index is 12.1. The minimum absolute atomic E-state index is 0.0591. The van der Waals surface area contributed by atoms with Gasteiger partial charge in [-0.2, -0.15) is 0 Å². The standard InChI is InChI=1S/C12H9N3OS/c1-8-4-6-13-10(7-8)15-12(16)9-3-2-5-14-11(9)17-15/h2-7H,1H3. The van der Waals surface area contributed by atoms with Crippen molar-refractivity contribution in [3.63, 3.8) is 0 Å². The van der Waals surface area contributed by atoms with Gasteiger partial charge in [-0.25, -0.2) is 13.9 Å². The zero-order valence-corrected chi connectivity index (χ0v) is 9.94. The second kappa shape index (κ2) is 3.78. The first kappa shape index (κ1) is 10.2. The van der Waals surface area contributed by atoms with Crippen LogP contribution in [-0.4, -0.2) is 13.9 Å². The predicted octanol–water partition coefficient (Wildman–Crippen LogP) is 2.15. The zero-order valence-electron chi connectivity index (χ0n) is 9.12. The molecule has 0 bridgehead atoms. The van der Waals surface area contributed by atoms with Crippen LogP contribution in [0.25, 0.3) is 16.0 Å². The molecule has 0 aliphatic carbocycles. The quantitative estimate of drug-likeness (QED) is 0.658. The van der Waals surface area contributed by atoms with Crippen molar-refractivity contribution in [2.45, 2.75) is 6.92 Å². The van der Waals surface area contributed by atoms with E-state index in [4.69, 9.17) is 0 Å². The Kier molecular flexibility index (Phi) is 2.26. The van der Waals surface area contributed by atoms with E-state index in [0.29, 0.717) is 11.2 Å². The summed E-state index contributed by atoms with van der Waals surface area (Å²) in [5.74, 6) is 0.651. The second-order valence-corrected chi connectivity index (χ2v) is 4.67. The fraction of sp³-hybridized carbons (Fsp3) is 0.0833. The van der Waals surface area contributed by atoms with Crippen LogP contribution in [0.15, 0.2) is 41.5 Å². The van der Waals surface area contributed by atoms with Gasteiger partial charge in [-0.15, -0.1) is 0 Å². The highest BCUT2D eigenvalue weighted by atomic mass is 32.1. The summed E-state index contributed by atoms with van der Waals surface area (Å²) < 4.78 is 1.57. The maximum Gasteiger partial charge on any atom is 0.276 e. The molecule has 0 unspecified atom stereocenters. The van der Waals surface area contributed by atoms with Crippen LogP contribution < -0.4 is 5.56 Å². The summed E-state index contributed by atoms with van der Waals surface area (Å²) in [4.78, 5) is 21.3. The smallest absolute Gasteiger partial charge is 0.267 e. The van der Waals surface area contributed by atoms with Gasteiger partial charge in [-0.3, -0.25) is 4.79 Å². The van der Waals surface area contributed by atoms with Gasteiger partial charge in [-0.05, 0) is 48.3 Å². The van der Waals surface area contributed by atoms with Gasteiger partial charge in [0.2, 0.25) is 0 Å². The van der Waals surface area contributed by atoms with Gasteiger partial charge in [0.25, 0.3) is 5.56 Å². The lowest BCUT2D eigenvalue weighted by molar-refractivity contribution is 1.05. The monoisotopic (exact) mass is 243 g/mol. The van der Waals surface area contributed by atoms with E-state index in [2.05, 4.69) is 9.97 Å². The predicted molar refractivity (Wildman–Crippen MR) is 67.7 cm³/mol. The van der Waals surface area contributed by atoms with E-state index in [0.717, 1.165) is 10.4 Å². The van der Waals surface area contributed by atoms with Gasteiger partial charge >= 0.3 is 0 Å². The normalized spacial score (nSPS) is 10.9. The number of nitrogens with zero attached hydrogens (tertiary/aromatic N) is 3. The highest BCUT2D eigenvalue weighted by Crippen LogP contribution is 2.16. The van der Waals surface area contributed by atoms with E-state index in [1.54, 1.807) is 28.5 Å². The van der Waals surface area contributed by atoms with Gasteiger partial charge in [0.15, 0.2) is 0 Å². The van der Waals surface area contributed by atoms with Crippen molar-refractivity contribution in [2.75, 3.05) is 0 Å². The third kappa shape index (κ3) is 1.64. The van der Waals surface area contributed by atoms with Crippen LogP contribution in [0.5, 0.6) is 0 Å². The van der Waals surface area contributed by atoms with E-state index < -0.39 is 0 Å². The van der Waals surface area contributed by atoms with Gasteiger partial charge < -0.3 is 0 Å². The topological polar surface area (TPSA) is 47.8 Å². The Labute approximate surface area is 101 Å². The van der Waals surface area contributed by atoms with Crippen molar-refractivity contribution < 1.29 is 0 Å². The van der Waals surface area contributed by atoms with Crippen molar-refractivity contribution in [1.29, 1.82) is 0 Å². The molecule has 0 saturated heterocycles. The Bertz CT molecular complexity index is 745. The molecule has 17 heavy (non-hydrogen) atoms. The van der Waals surface area contributed by atoms with E-state index in [-0.39, 0.29) is 5.56 Å². The van der Waals surface area contributed by atoms with E-state index in [1.807, 2.05) is 19.1 Å². The average molecular weight is 243 g/mol. The Hall–Kier alpha value is -2.01. The molecule has 0 atom stereocenters. The van der Waals surface area contributed by atoms with Crippen molar-refractivity contribution >= 4 is 21.7 Å². The molecular weight excluding hydrogens is 234 g/mol. The van der Waals surface area contributed by atoms with Crippen LogP contribution in [0.2, 0.25) is 0 Å². The number of hydrogen-bond donors (Lipinski definition) is 0. The molecule has 3 aromatic heterocycles. The molecule has 3 heterocycles. The Morgan fingerprint density at radius 1 is 1.24 bits per heavy atom. The van der Waals surface area contributed by atoms with Crippen LogP contribution in [0, 0.1) is 6.92 Å². The van der Waals surface area contributed by atoms with Crippen molar-refractivity contribution in [3.05, 3.63) is 52.6 Å². The van der Waals surface area contributed by atoms with E-state index in [1.165, 1.54) is 11.5 Å². The number of hydrogen-bond acceptors (Lipinski definition) is 4. The summed E-state index contributed by atoms with van der Waals surface area (Å²) in [5.41, 5.74) is 1.02. The molecule has 3 rings (SSSR count). The van der Waals surface area contributed by atoms with Crippen LogP contribution in [0.4, 0.5) is 0 Å². The van der Waals surface area contributed by atoms with Crippen molar-refractivity contribution in [2.24, 2.45) is 0 Å². The lowest BCUT2D eigenvalue weighted by atomic mass is 10.3. The summed E-state index contributed by atoms with van der Waals surface area (Å²) in [5, 5.41) is 0.640. The molecule has 0 aromatic carbocycles. The van der Waals surface area contributed by atoms with Gasteiger partial charge in [0.1, 0.15) is 10.6 Å². The Balaban J connectivity index is 2.31. The lowest BCUT2D eigenvalue weighted by Crippen LogP contribution is -2.11.